The van der Waals surface area contributed by atoms with Crippen molar-refractivity contribution in [1.29, 1.82) is 0 Å². The first-order valence-electron chi connectivity index (χ1n) is 3.55. The van der Waals surface area contributed by atoms with Crippen LogP contribution in [0.5, 0.6) is 0 Å². The number of halogens is 4. The molecule has 0 aromatic rings. The number of alkyl halides is 3. The lowest BCUT2D eigenvalue weighted by Crippen LogP contribution is -1.85. The number of carbonyl (C=O) groups is 1. The third kappa shape index (κ3) is 22.5. The van der Waals surface area contributed by atoms with Gasteiger partial charge in [-0.05, 0) is 24.4 Å². The Morgan fingerprint density at radius 1 is 1.17 bits per heavy atom. The van der Waals surface area contributed by atoms with Crippen LogP contribution in [0.25, 0.3) is 0 Å². The molecule has 0 unspecified atom stereocenters. The minimum absolute atomic E-state index is 0.194. The van der Waals surface area contributed by atoms with E-state index in [1.807, 2.05) is 0 Å². The van der Waals surface area contributed by atoms with Crippen molar-refractivity contribution in [3.63, 3.8) is 0 Å². The third-order valence-corrected chi connectivity index (χ3v) is 1.76. The van der Waals surface area contributed by atoms with Gasteiger partial charge in [0, 0.05) is 11.8 Å². The summed E-state index contributed by atoms with van der Waals surface area (Å²) in [6.07, 6.45) is 3.66. The lowest BCUT2D eigenvalue weighted by atomic mass is 10.2. The summed E-state index contributed by atoms with van der Waals surface area (Å²) in [5.41, 5.74) is 0. The lowest BCUT2D eigenvalue weighted by Gasteiger charge is -1.91. The van der Waals surface area contributed by atoms with Crippen molar-refractivity contribution in [2.45, 2.75) is 25.7 Å². The summed E-state index contributed by atoms with van der Waals surface area (Å²) in [5.74, 6) is 0. The number of hydrogen-bond donors (Lipinski definition) is 0. The highest BCUT2D eigenvalue weighted by Gasteiger charge is 1.93. The van der Waals surface area contributed by atoms with Crippen LogP contribution in [0.2, 0.25) is 0 Å². The molecule has 0 aliphatic heterocycles. The van der Waals surface area contributed by atoms with Crippen molar-refractivity contribution in [2.24, 2.45) is 0 Å². The zero-order chi connectivity index (χ0) is 9.82. The second kappa shape index (κ2) is 14.5. The van der Waals surface area contributed by atoms with Gasteiger partial charge in [0.25, 0.3) is 0 Å². The van der Waals surface area contributed by atoms with Crippen LogP contribution in [0.4, 0.5) is 0 Å². The van der Waals surface area contributed by atoms with E-state index in [-0.39, 0.29) is 10.6 Å². The molecular formula is C7H12BrCl3O. The fourth-order valence-corrected chi connectivity index (χ4v) is 1.07. The zero-order valence-electron chi connectivity index (χ0n) is 6.66. The van der Waals surface area contributed by atoms with Crippen LogP contribution in [-0.4, -0.2) is 15.9 Å². The molecule has 74 valence electrons. The SMILES string of the molecule is ClCCl.O=C(Cl)CCCCCBr. The van der Waals surface area contributed by atoms with Gasteiger partial charge in [0.2, 0.25) is 5.24 Å². The van der Waals surface area contributed by atoms with Crippen molar-refractivity contribution in [1.82, 2.24) is 0 Å². The number of unbranched alkanes of at least 4 members (excludes halogenated alkanes) is 2. The molecule has 0 rings (SSSR count). The van der Waals surface area contributed by atoms with Crippen molar-refractivity contribution in [2.75, 3.05) is 10.7 Å². The summed E-state index contributed by atoms with van der Waals surface area (Å²) >= 11 is 17.9. The highest BCUT2D eigenvalue weighted by Crippen LogP contribution is 2.03. The van der Waals surface area contributed by atoms with E-state index in [4.69, 9.17) is 34.8 Å². The molecule has 0 saturated heterocycles. The van der Waals surface area contributed by atoms with Crippen LogP contribution < -0.4 is 0 Å². The highest BCUT2D eigenvalue weighted by atomic mass is 79.9. The number of carbonyl (C=O) groups excluding carboxylic acids is 1. The van der Waals surface area contributed by atoms with Gasteiger partial charge in [-0.2, -0.15) is 0 Å². The predicted octanol–water partition coefficient (Wildman–Crippen LogP) is 4.13. The summed E-state index contributed by atoms with van der Waals surface area (Å²) in [6, 6.07) is 0. The topological polar surface area (TPSA) is 17.1 Å². The first-order chi connectivity index (χ1) is 5.68. The Bertz CT molecular complexity index is 101. The van der Waals surface area contributed by atoms with Crippen LogP contribution in [0.15, 0.2) is 0 Å². The van der Waals surface area contributed by atoms with Crippen molar-refractivity contribution >= 4 is 56.0 Å². The first-order valence-corrected chi connectivity index (χ1v) is 6.12. The Hall–Kier alpha value is 1.02. The average molecular weight is 298 g/mol. The van der Waals surface area contributed by atoms with Crippen LogP contribution in [0.1, 0.15) is 25.7 Å². The van der Waals surface area contributed by atoms with Gasteiger partial charge in [0.15, 0.2) is 0 Å². The third-order valence-electron chi connectivity index (χ3n) is 1.01. The molecule has 0 spiro atoms. The molecule has 0 aromatic heterocycles. The molecule has 0 radical (unpaired) electrons. The zero-order valence-corrected chi connectivity index (χ0v) is 10.5. The molecule has 0 aliphatic rings. The second-order valence-corrected chi connectivity index (χ2v) is 3.98. The fraction of sp³-hybridized carbons (Fsp3) is 0.857. The van der Waals surface area contributed by atoms with E-state index < -0.39 is 0 Å². The Balaban J connectivity index is 0. The van der Waals surface area contributed by atoms with Gasteiger partial charge in [-0.3, -0.25) is 4.79 Å². The van der Waals surface area contributed by atoms with Crippen molar-refractivity contribution in [3.05, 3.63) is 0 Å². The Labute approximate surface area is 96.9 Å². The van der Waals surface area contributed by atoms with Crippen LogP contribution >= 0.6 is 50.7 Å². The Morgan fingerprint density at radius 2 is 1.67 bits per heavy atom. The van der Waals surface area contributed by atoms with Gasteiger partial charge in [-0.15, -0.1) is 23.2 Å². The summed E-state index contributed by atoms with van der Waals surface area (Å²) in [4.78, 5) is 10.2. The summed E-state index contributed by atoms with van der Waals surface area (Å²) in [5, 5.41) is 0.994. The predicted molar refractivity (Wildman–Crippen MR) is 59.7 cm³/mol. The maximum atomic E-state index is 10.2. The van der Waals surface area contributed by atoms with Gasteiger partial charge in [0.1, 0.15) is 0 Å². The maximum absolute atomic E-state index is 10.2. The van der Waals surface area contributed by atoms with Crippen LogP contribution in [0.3, 0.4) is 0 Å². The molecule has 1 nitrogen and oxygen atoms in total. The van der Waals surface area contributed by atoms with E-state index >= 15 is 0 Å². The molecule has 0 fully saturated rings. The van der Waals surface area contributed by atoms with Crippen molar-refractivity contribution < 1.29 is 4.79 Å². The summed E-state index contributed by atoms with van der Waals surface area (Å²) < 4.78 is 0. The monoisotopic (exact) mass is 296 g/mol. The summed E-state index contributed by atoms with van der Waals surface area (Å²) in [6.45, 7) is 0. The van der Waals surface area contributed by atoms with E-state index in [0.717, 1.165) is 24.6 Å². The molecule has 0 aliphatic carbocycles. The molecule has 0 aromatic carbocycles. The van der Waals surface area contributed by atoms with Gasteiger partial charge in [-0.25, -0.2) is 0 Å². The normalized spacial score (nSPS) is 8.67. The number of rotatable bonds is 5. The van der Waals surface area contributed by atoms with Gasteiger partial charge >= 0.3 is 0 Å². The minimum atomic E-state index is -0.218. The van der Waals surface area contributed by atoms with Crippen LogP contribution in [-0.2, 0) is 4.79 Å². The number of hydrogen-bond acceptors (Lipinski definition) is 1. The Morgan fingerprint density at radius 3 is 2.00 bits per heavy atom. The molecule has 0 bridgehead atoms. The molecule has 0 heterocycles. The highest BCUT2D eigenvalue weighted by molar-refractivity contribution is 9.09. The molecule has 0 N–H and O–H groups in total. The van der Waals surface area contributed by atoms with E-state index in [9.17, 15) is 4.79 Å². The fourth-order valence-electron chi connectivity index (χ4n) is 0.535. The molecule has 0 saturated carbocycles. The van der Waals surface area contributed by atoms with Crippen LogP contribution in [0, 0.1) is 0 Å². The first kappa shape index (κ1) is 15.5. The van der Waals surface area contributed by atoms with Gasteiger partial charge < -0.3 is 0 Å². The molecule has 5 heteroatoms. The van der Waals surface area contributed by atoms with E-state index in [1.165, 1.54) is 0 Å². The van der Waals surface area contributed by atoms with E-state index in [1.54, 1.807) is 0 Å². The standard InChI is InChI=1S/C6H10BrClO.CH2Cl2/c7-5-3-1-2-4-6(8)9;2-1-3/h1-5H2;1H2. The molecule has 12 heavy (non-hydrogen) atoms. The second-order valence-electron chi connectivity index (χ2n) is 1.96. The minimum Gasteiger partial charge on any atom is -0.281 e. The Kier molecular flexibility index (Phi) is 18.8. The van der Waals surface area contributed by atoms with E-state index in [2.05, 4.69) is 15.9 Å². The molecule has 0 amide bonds. The average Bonchev–Trinajstić information content (AvgIpc) is 1.99. The lowest BCUT2D eigenvalue weighted by molar-refractivity contribution is -0.111. The smallest absolute Gasteiger partial charge is 0.221 e. The largest absolute Gasteiger partial charge is 0.281 e. The summed E-state index contributed by atoms with van der Waals surface area (Å²) in [7, 11) is 0. The van der Waals surface area contributed by atoms with E-state index in [0.29, 0.717) is 6.42 Å². The van der Waals surface area contributed by atoms with Gasteiger partial charge in [-0.1, -0.05) is 22.4 Å². The van der Waals surface area contributed by atoms with Crippen molar-refractivity contribution in [3.8, 4) is 0 Å². The maximum Gasteiger partial charge on any atom is 0.221 e. The molecular weight excluding hydrogens is 286 g/mol. The molecule has 0 atom stereocenters. The quantitative estimate of drug-likeness (QED) is 0.424. The van der Waals surface area contributed by atoms with Gasteiger partial charge in [0.05, 0.1) is 5.34 Å².